The molecule has 1 aliphatic heterocycles. The summed E-state index contributed by atoms with van der Waals surface area (Å²) in [6.45, 7) is 4.83. The van der Waals surface area contributed by atoms with Crippen LogP contribution in [0.2, 0.25) is 0 Å². The maximum Gasteiger partial charge on any atom is 0.343 e. The molecule has 0 aliphatic carbocycles. The molecule has 0 bridgehead atoms. The van der Waals surface area contributed by atoms with E-state index in [0.29, 0.717) is 11.3 Å². The molecule has 0 saturated heterocycles. The molecule has 0 fully saturated rings. The van der Waals surface area contributed by atoms with Crippen LogP contribution in [-0.2, 0) is 19.1 Å². The Morgan fingerprint density at radius 1 is 1.22 bits per heavy atom. The third kappa shape index (κ3) is 3.36. The normalized spacial score (nSPS) is 16.5. The van der Waals surface area contributed by atoms with Gasteiger partial charge in [0, 0.05) is 0 Å². The lowest BCUT2D eigenvalue weighted by atomic mass is 10.0. The quantitative estimate of drug-likeness (QED) is 0.679. The molecule has 1 heterocycles. The molecule has 0 amide bonds. The van der Waals surface area contributed by atoms with Crippen LogP contribution in [0.25, 0.3) is 5.57 Å². The highest BCUT2D eigenvalue weighted by molar-refractivity contribution is 6.19. The van der Waals surface area contributed by atoms with Crippen LogP contribution in [0.4, 0.5) is 0 Å². The van der Waals surface area contributed by atoms with Gasteiger partial charge in [0.05, 0.1) is 18.8 Å². The van der Waals surface area contributed by atoms with Gasteiger partial charge in [-0.25, -0.2) is 9.59 Å². The predicted molar refractivity (Wildman–Crippen MR) is 82.6 cm³/mol. The number of carbonyl (C=O) groups excluding carboxylic acids is 2. The van der Waals surface area contributed by atoms with E-state index >= 15 is 0 Å². The monoisotopic (exact) mass is 318 g/mol. The van der Waals surface area contributed by atoms with Crippen LogP contribution in [-0.4, -0.2) is 30.3 Å². The summed E-state index contributed by atoms with van der Waals surface area (Å²) in [7, 11) is 1.53. The summed E-state index contributed by atoms with van der Waals surface area (Å²) in [6, 6.07) is 6.56. The van der Waals surface area contributed by atoms with Crippen molar-refractivity contribution in [3.63, 3.8) is 0 Å². The number of benzene rings is 1. The molecule has 0 aromatic heterocycles. The minimum Gasteiger partial charge on any atom is -0.504 e. The number of hydrogen-bond donors (Lipinski definition) is 1. The van der Waals surface area contributed by atoms with E-state index in [0.717, 1.165) is 0 Å². The smallest absolute Gasteiger partial charge is 0.343 e. The Morgan fingerprint density at radius 3 is 2.26 bits per heavy atom. The van der Waals surface area contributed by atoms with E-state index in [1.54, 1.807) is 38.1 Å². The summed E-state index contributed by atoms with van der Waals surface area (Å²) >= 11 is 0. The Hall–Kier alpha value is -2.76. The van der Waals surface area contributed by atoms with Crippen molar-refractivity contribution in [3.05, 3.63) is 46.9 Å². The predicted octanol–water partition coefficient (Wildman–Crippen LogP) is 2.75. The SMILES string of the molecule is COc1ccc(/C(C(=O)OC(C)C)=C2\OC(=O)C(C)=C2O)cc1. The van der Waals surface area contributed by atoms with E-state index < -0.39 is 11.9 Å². The standard InChI is InChI=1S/C17H18O6/c1-9(2)22-17(20)13(11-5-7-12(21-4)8-6-11)15-14(18)10(3)16(19)23-15/h5-9,18H,1-4H3/b15-13+. The first-order valence-corrected chi connectivity index (χ1v) is 7.07. The third-order valence-electron chi connectivity index (χ3n) is 3.22. The van der Waals surface area contributed by atoms with Crippen molar-refractivity contribution in [1.29, 1.82) is 0 Å². The van der Waals surface area contributed by atoms with Gasteiger partial charge in [-0.05, 0) is 38.5 Å². The number of carbonyl (C=O) groups is 2. The lowest BCUT2D eigenvalue weighted by molar-refractivity contribution is -0.140. The molecule has 122 valence electrons. The van der Waals surface area contributed by atoms with E-state index in [9.17, 15) is 14.7 Å². The van der Waals surface area contributed by atoms with Crippen molar-refractivity contribution in [3.8, 4) is 5.75 Å². The molecule has 1 aliphatic rings. The highest BCUT2D eigenvalue weighted by Crippen LogP contribution is 2.32. The van der Waals surface area contributed by atoms with Crippen LogP contribution in [0.15, 0.2) is 41.4 Å². The van der Waals surface area contributed by atoms with Crippen LogP contribution in [0.3, 0.4) is 0 Å². The highest BCUT2D eigenvalue weighted by Gasteiger charge is 2.33. The topological polar surface area (TPSA) is 82.1 Å². The van der Waals surface area contributed by atoms with E-state index in [1.807, 2.05) is 0 Å². The third-order valence-corrected chi connectivity index (χ3v) is 3.22. The van der Waals surface area contributed by atoms with Crippen LogP contribution < -0.4 is 4.74 Å². The molecular formula is C17H18O6. The van der Waals surface area contributed by atoms with Crippen molar-refractivity contribution >= 4 is 17.5 Å². The number of esters is 2. The molecule has 0 saturated carbocycles. The highest BCUT2D eigenvalue weighted by atomic mass is 16.6. The Labute approximate surface area is 134 Å². The van der Waals surface area contributed by atoms with Crippen LogP contribution in [0, 0.1) is 0 Å². The van der Waals surface area contributed by atoms with Gasteiger partial charge in [0.15, 0.2) is 11.5 Å². The summed E-state index contributed by atoms with van der Waals surface area (Å²) in [4.78, 5) is 24.0. The number of aliphatic hydroxyl groups excluding tert-OH is 1. The molecule has 0 radical (unpaired) electrons. The molecule has 1 aromatic rings. The zero-order chi connectivity index (χ0) is 17.1. The zero-order valence-corrected chi connectivity index (χ0v) is 13.4. The van der Waals surface area contributed by atoms with Gasteiger partial charge in [-0.3, -0.25) is 0 Å². The van der Waals surface area contributed by atoms with Crippen molar-refractivity contribution in [1.82, 2.24) is 0 Å². The van der Waals surface area contributed by atoms with Gasteiger partial charge in [0.1, 0.15) is 11.3 Å². The Kier molecular flexibility index (Phi) is 4.74. The van der Waals surface area contributed by atoms with E-state index in [4.69, 9.17) is 14.2 Å². The summed E-state index contributed by atoms with van der Waals surface area (Å²) < 4.78 is 15.3. The Morgan fingerprint density at radius 2 is 1.83 bits per heavy atom. The lowest BCUT2D eigenvalue weighted by Crippen LogP contribution is -2.15. The summed E-state index contributed by atoms with van der Waals surface area (Å²) in [5.41, 5.74) is 0.480. The molecule has 0 atom stereocenters. The first kappa shape index (κ1) is 16.6. The number of cyclic esters (lactones) is 1. The molecule has 1 aromatic carbocycles. The van der Waals surface area contributed by atoms with Gasteiger partial charge in [-0.1, -0.05) is 12.1 Å². The minimum absolute atomic E-state index is 0.0101. The van der Waals surface area contributed by atoms with E-state index in [1.165, 1.54) is 14.0 Å². The maximum absolute atomic E-state index is 12.4. The first-order chi connectivity index (χ1) is 10.8. The fourth-order valence-electron chi connectivity index (χ4n) is 2.03. The second-order valence-corrected chi connectivity index (χ2v) is 5.25. The number of aliphatic hydroxyl groups is 1. The Bertz CT molecular complexity index is 694. The molecule has 23 heavy (non-hydrogen) atoms. The summed E-state index contributed by atoms with van der Waals surface area (Å²) in [5.74, 6) is -1.32. The first-order valence-electron chi connectivity index (χ1n) is 7.07. The van der Waals surface area contributed by atoms with Gasteiger partial charge >= 0.3 is 11.9 Å². The minimum atomic E-state index is -0.694. The molecule has 6 heteroatoms. The maximum atomic E-state index is 12.4. The largest absolute Gasteiger partial charge is 0.504 e. The van der Waals surface area contributed by atoms with E-state index in [2.05, 4.69) is 0 Å². The van der Waals surface area contributed by atoms with Crippen LogP contribution in [0.1, 0.15) is 26.3 Å². The number of rotatable bonds is 4. The van der Waals surface area contributed by atoms with Crippen molar-refractivity contribution < 1.29 is 28.9 Å². The molecule has 0 spiro atoms. The second kappa shape index (κ2) is 6.56. The summed E-state index contributed by atoms with van der Waals surface area (Å²) in [6.07, 6.45) is -0.360. The fourth-order valence-corrected chi connectivity index (χ4v) is 2.03. The average molecular weight is 318 g/mol. The molecule has 2 rings (SSSR count). The van der Waals surface area contributed by atoms with Gasteiger partial charge < -0.3 is 19.3 Å². The van der Waals surface area contributed by atoms with E-state index in [-0.39, 0.29) is 28.8 Å². The molecule has 0 unspecified atom stereocenters. The van der Waals surface area contributed by atoms with Gasteiger partial charge in [0.2, 0.25) is 0 Å². The van der Waals surface area contributed by atoms with Crippen molar-refractivity contribution in [2.75, 3.05) is 7.11 Å². The van der Waals surface area contributed by atoms with Gasteiger partial charge in [-0.15, -0.1) is 0 Å². The average Bonchev–Trinajstić information content (AvgIpc) is 2.75. The van der Waals surface area contributed by atoms with Crippen molar-refractivity contribution in [2.45, 2.75) is 26.9 Å². The summed E-state index contributed by atoms with van der Waals surface area (Å²) in [5, 5.41) is 10.1. The molecule has 1 N–H and O–H groups in total. The van der Waals surface area contributed by atoms with Crippen molar-refractivity contribution in [2.24, 2.45) is 0 Å². The molecule has 6 nitrogen and oxygen atoms in total. The zero-order valence-electron chi connectivity index (χ0n) is 13.4. The number of ether oxygens (including phenoxy) is 3. The lowest BCUT2D eigenvalue weighted by Gasteiger charge is -2.13. The molecular weight excluding hydrogens is 300 g/mol. The second-order valence-electron chi connectivity index (χ2n) is 5.25. The number of methoxy groups -OCH3 is 1. The van der Waals surface area contributed by atoms with Gasteiger partial charge in [0.25, 0.3) is 0 Å². The van der Waals surface area contributed by atoms with Crippen LogP contribution in [0.5, 0.6) is 5.75 Å². The number of hydrogen-bond acceptors (Lipinski definition) is 6. The van der Waals surface area contributed by atoms with Crippen LogP contribution >= 0.6 is 0 Å². The Balaban J connectivity index is 2.57. The fraction of sp³-hybridized carbons (Fsp3) is 0.294. The van der Waals surface area contributed by atoms with Gasteiger partial charge in [-0.2, -0.15) is 0 Å².